The summed E-state index contributed by atoms with van der Waals surface area (Å²) in [4.78, 5) is 36.9. The number of hydrogen-bond acceptors (Lipinski definition) is 8. The van der Waals surface area contributed by atoms with Crippen molar-refractivity contribution in [3.05, 3.63) is 74.5 Å². The number of rotatable bonds is 8. The van der Waals surface area contributed by atoms with Crippen LogP contribution < -0.4 is 10.5 Å². The summed E-state index contributed by atoms with van der Waals surface area (Å²) < 4.78 is 6.03. The molecule has 0 unspecified atom stereocenters. The van der Waals surface area contributed by atoms with Crippen LogP contribution in [0.4, 0.5) is 5.69 Å². The summed E-state index contributed by atoms with van der Waals surface area (Å²) in [5.41, 5.74) is 8.56. The molecule has 0 bridgehead atoms. The summed E-state index contributed by atoms with van der Waals surface area (Å²) >= 11 is 1.63. The molecule has 2 aliphatic heterocycles. The van der Waals surface area contributed by atoms with Crippen molar-refractivity contribution >= 4 is 28.8 Å². The van der Waals surface area contributed by atoms with Crippen LogP contribution >= 0.6 is 11.3 Å². The number of piperazine rings is 1. The van der Waals surface area contributed by atoms with E-state index < -0.39 is 0 Å². The molecular formula is C30H37N5O4S. The van der Waals surface area contributed by atoms with E-state index in [-0.39, 0.29) is 34.4 Å². The average Bonchev–Trinajstić information content (AvgIpc) is 3.54. The van der Waals surface area contributed by atoms with Gasteiger partial charge in [0.15, 0.2) is 0 Å². The van der Waals surface area contributed by atoms with E-state index in [4.69, 9.17) is 10.5 Å². The molecule has 5 rings (SSSR count). The number of thiophene rings is 1. The van der Waals surface area contributed by atoms with Gasteiger partial charge in [0.25, 0.3) is 11.8 Å². The first-order chi connectivity index (χ1) is 19.2. The van der Waals surface area contributed by atoms with Gasteiger partial charge in [-0.15, -0.1) is 11.3 Å². The highest BCUT2D eigenvalue weighted by atomic mass is 32.1. The van der Waals surface area contributed by atoms with Crippen molar-refractivity contribution in [2.24, 2.45) is 0 Å². The van der Waals surface area contributed by atoms with Crippen LogP contribution in [-0.2, 0) is 19.6 Å². The van der Waals surface area contributed by atoms with E-state index in [0.717, 1.165) is 54.5 Å². The Morgan fingerprint density at radius 1 is 1.02 bits per heavy atom. The Kier molecular flexibility index (Phi) is 8.30. The number of aromatic hydroxyl groups is 1. The third-order valence-electron chi connectivity index (χ3n) is 7.62. The van der Waals surface area contributed by atoms with E-state index in [0.29, 0.717) is 26.2 Å². The predicted molar refractivity (Wildman–Crippen MR) is 157 cm³/mol. The molecule has 2 aromatic carbocycles. The van der Waals surface area contributed by atoms with E-state index in [1.165, 1.54) is 17.0 Å². The summed E-state index contributed by atoms with van der Waals surface area (Å²) in [6.07, 6.45) is 0. The Hall–Kier alpha value is -3.60. The first kappa shape index (κ1) is 27.9. The third kappa shape index (κ3) is 6.24. The number of nitrogen functional groups attached to an aromatic ring is 1. The quantitative estimate of drug-likeness (QED) is 0.405. The number of carbonyl (C=O) groups excluding carboxylic acids is 2. The highest BCUT2D eigenvalue weighted by molar-refractivity contribution is 7.11. The van der Waals surface area contributed by atoms with E-state index in [9.17, 15) is 14.7 Å². The van der Waals surface area contributed by atoms with Crippen LogP contribution in [0.2, 0.25) is 0 Å². The lowest BCUT2D eigenvalue weighted by atomic mass is 10.0. The highest BCUT2D eigenvalue weighted by Crippen LogP contribution is 2.32. The fourth-order valence-corrected chi connectivity index (χ4v) is 6.12. The molecule has 40 heavy (non-hydrogen) atoms. The minimum atomic E-state index is -0.350. The number of phenolic OH excluding ortho intramolecular Hbond substituents is 1. The first-order valence-corrected chi connectivity index (χ1v) is 14.4. The van der Waals surface area contributed by atoms with Crippen LogP contribution in [0, 0.1) is 6.92 Å². The van der Waals surface area contributed by atoms with Gasteiger partial charge in [0.2, 0.25) is 0 Å². The van der Waals surface area contributed by atoms with Gasteiger partial charge in [0, 0.05) is 74.4 Å². The normalized spacial score (nSPS) is 15.7. The van der Waals surface area contributed by atoms with Crippen LogP contribution in [-0.4, -0.2) is 89.9 Å². The minimum absolute atomic E-state index is 0.0642. The van der Waals surface area contributed by atoms with Gasteiger partial charge in [0.1, 0.15) is 18.1 Å². The second-order valence-corrected chi connectivity index (χ2v) is 12.1. The maximum absolute atomic E-state index is 13.5. The predicted octanol–water partition coefficient (Wildman–Crippen LogP) is 3.40. The molecule has 0 aliphatic carbocycles. The van der Waals surface area contributed by atoms with Crippen LogP contribution in [0.15, 0.2) is 42.5 Å². The summed E-state index contributed by atoms with van der Waals surface area (Å²) in [5.74, 6) is -0.105. The molecule has 1 fully saturated rings. The SMILES string of the molecule is Cc1ccc(CN(C)C(=O)c2cc(C(=O)N3Cc4ccc(OCCN5CCN(C)CC5)cc4C3)c(O)cc2N)s1. The van der Waals surface area contributed by atoms with Gasteiger partial charge in [0.05, 0.1) is 17.7 Å². The topological polar surface area (TPSA) is 103 Å². The number of aryl methyl sites for hydroxylation is 1. The number of fused-ring (bicyclic) bond motifs is 1. The van der Waals surface area contributed by atoms with Gasteiger partial charge in [-0.1, -0.05) is 6.07 Å². The molecule has 3 N–H and O–H groups in total. The Morgan fingerprint density at radius 3 is 2.50 bits per heavy atom. The molecular weight excluding hydrogens is 526 g/mol. The fourth-order valence-electron chi connectivity index (χ4n) is 5.18. The molecule has 0 spiro atoms. The molecule has 10 heteroatoms. The van der Waals surface area contributed by atoms with E-state index in [2.05, 4.69) is 16.8 Å². The minimum Gasteiger partial charge on any atom is -0.507 e. The van der Waals surface area contributed by atoms with Crippen molar-refractivity contribution in [3.8, 4) is 11.5 Å². The number of amides is 2. The van der Waals surface area contributed by atoms with Crippen molar-refractivity contribution in [1.82, 2.24) is 19.6 Å². The van der Waals surface area contributed by atoms with Gasteiger partial charge in [-0.2, -0.15) is 0 Å². The largest absolute Gasteiger partial charge is 0.507 e. The number of anilines is 1. The second-order valence-electron chi connectivity index (χ2n) is 10.7. The summed E-state index contributed by atoms with van der Waals surface area (Å²) in [6, 6.07) is 12.6. The molecule has 212 valence electrons. The van der Waals surface area contributed by atoms with Crippen molar-refractivity contribution in [3.63, 3.8) is 0 Å². The Morgan fingerprint density at radius 2 is 1.77 bits per heavy atom. The number of hydrogen-bond donors (Lipinski definition) is 2. The Balaban J connectivity index is 1.23. The lowest BCUT2D eigenvalue weighted by Crippen LogP contribution is -2.45. The summed E-state index contributed by atoms with van der Waals surface area (Å²) in [7, 11) is 3.85. The number of carbonyl (C=O) groups is 2. The van der Waals surface area contributed by atoms with E-state index in [1.807, 2.05) is 37.3 Å². The van der Waals surface area contributed by atoms with Gasteiger partial charge in [-0.25, -0.2) is 0 Å². The number of nitrogens with zero attached hydrogens (tertiary/aromatic N) is 4. The second kappa shape index (κ2) is 11.9. The standard InChI is InChI=1S/C30H37N5O4S/c1-20-4-7-24(40-20)19-33(3)29(37)25-15-26(28(36)16-27(25)31)30(38)35-17-21-5-6-23(14-22(21)18-35)39-13-12-34-10-8-32(2)9-11-34/h4-7,14-16,36H,8-13,17-19,31H2,1-3H3. The van der Waals surface area contributed by atoms with E-state index in [1.54, 1.807) is 28.2 Å². The summed E-state index contributed by atoms with van der Waals surface area (Å²) in [6.45, 7) is 9.02. The van der Waals surface area contributed by atoms with Crippen LogP contribution in [0.3, 0.4) is 0 Å². The molecule has 0 radical (unpaired) electrons. The van der Waals surface area contributed by atoms with Crippen molar-refractivity contribution in [2.75, 3.05) is 59.2 Å². The Labute approximate surface area is 239 Å². The molecule has 0 saturated carbocycles. The molecule has 1 aromatic heterocycles. The molecule has 3 aromatic rings. The van der Waals surface area contributed by atoms with E-state index >= 15 is 0 Å². The fraction of sp³-hybridized carbons (Fsp3) is 0.400. The van der Waals surface area contributed by atoms with Crippen LogP contribution in [0.1, 0.15) is 41.6 Å². The van der Waals surface area contributed by atoms with Gasteiger partial charge in [-0.05, 0) is 55.4 Å². The average molecular weight is 564 g/mol. The third-order valence-corrected chi connectivity index (χ3v) is 8.61. The lowest BCUT2D eigenvalue weighted by Gasteiger charge is -2.32. The van der Waals surface area contributed by atoms with Crippen molar-refractivity contribution < 1.29 is 19.4 Å². The number of nitrogens with two attached hydrogens (primary N) is 1. The van der Waals surface area contributed by atoms with Gasteiger partial charge in [-0.3, -0.25) is 14.5 Å². The maximum Gasteiger partial charge on any atom is 0.258 e. The molecule has 2 amide bonds. The molecule has 0 atom stereocenters. The zero-order chi connectivity index (χ0) is 28.4. The first-order valence-electron chi connectivity index (χ1n) is 13.6. The number of ether oxygens (including phenoxy) is 1. The molecule has 2 aliphatic rings. The van der Waals surface area contributed by atoms with Crippen LogP contribution in [0.25, 0.3) is 0 Å². The van der Waals surface area contributed by atoms with Crippen LogP contribution in [0.5, 0.6) is 11.5 Å². The molecule has 1 saturated heterocycles. The number of benzene rings is 2. The van der Waals surface area contributed by atoms with Gasteiger partial charge < -0.3 is 30.3 Å². The summed E-state index contributed by atoms with van der Waals surface area (Å²) in [5, 5.41) is 10.6. The maximum atomic E-state index is 13.5. The molecule has 3 heterocycles. The number of likely N-dealkylation sites (N-methyl/N-ethyl adjacent to an activating group) is 1. The zero-order valence-electron chi connectivity index (χ0n) is 23.4. The monoisotopic (exact) mass is 563 g/mol. The highest BCUT2D eigenvalue weighted by Gasteiger charge is 2.28. The van der Waals surface area contributed by atoms with Crippen molar-refractivity contribution in [1.29, 1.82) is 0 Å². The zero-order valence-corrected chi connectivity index (χ0v) is 24.2. The van der Waals surface area contributed by atoms with Gasteiger partial charge >= 0.3 is 0 Å². The van der Waals surface area contributed by atoms with Crippen molar-refractivity contribution in [2.45, 2.75) is 26.6 Å². The number of phenols is 1. The molecule has 9 nitrogen and oxygen atoms in total. The lowest BCUT2D eigenvalue weighted by molar-refractivity contribution is 0.0748. The Bertz CT molecular complexity index is 1400. The smallest absolute Gasteiger partial charge is 0.258 e.